The molecule has 1 aromatic carbocycles. The van der Waals surface area contributed by atoms with Crippen LogP contribution < -0.4 is 11.1 Å². The SMILES string of the molecule is [C-]#[N+]c1ccc(Nc2nc(N)c(C(=O)OC)s2)cc1. The highest BCUT2D eigenvalue weighted by Gasteiger charge is 2.16. The van der Waals surface area contributed by atoms with Gasteiger partial charge in [0.1, 0.15) is 0 Å². The van der Waals surface area contributed by atoms with Gasteiger partial charge in [0.25, 0.3) is 0 Å². The maximum atomic E-state index is 11.4. The first-order valence-electron chi connectivity index (χ1n) is 5.23. The van der Waals surface area contributed by atoms with Crippen molar-refractivity contribution in [1.29, 1.82) is 0 Å². The Morgan fingerprint density at radius 1 is 1.47 bits per heavy atom. The molecule has 3 N–H and O–H groups in total. The van der Waals surface area contributed by atoms with Gasteiger partial charge in [-0.05, 0) is 12.1 Å². The predicted molar refractivity (Wildman–Crippen MR) is 73.9 cm³/mol. The molecule has 2 rings (SSSR count). The van der Waals surface area contributed by atoms with Crippen molar-refractivity contribution in [2.45, 2.75) is 0 Å². The Balaban J connectivity index is 2.19. The van der Waals surface area contributed by atoms with E-state index in [2.05, 4.69) is 19.9 Å². The third-order valence-electron chi connectivity index (χ3n) is 2.27. The van der Waals surface area contributed by atoms with Crippen LogP contribution in [0.2, 0.25) is 0 Å². The van der Waals surface area contributed by atoms with Crippen LogP contribution in [0.1, 0.15) is 9.67 Å². The number of rotatable bonds is 3. The first kappa shape index (κ1) is 12.9. The summed E-state index contributed by atoms with van der Waals surface area (Å²) < 4.78 is 4.60. The minimum atomic E-state index is -0.508. The van der Waals surface area contributed by atoms with Crippen molar-refractivity contribution in [2.24, 2.45) is 0 Å². The fourth-order valence-corrected chi connectivity index (χ4v) is 2.19. The van der Waals surface area contributed by atoms with Gasteiger partial charge in [0.2, 0.25) is 0 Å². The highest BCUT2D eigenvalue weighted by Crippen LogP contribution is 2.28. The Hall–Kier alpha value is -2.59. The molecule has 1 aromatic heterocycles. The van der Waals surface area contributed by atoms with E-state index in [1.54, 1.807) is 24.3 Å². The van der Waals surface area contributed by atoms with Crippen molar-refractivity contribution in [3.05, 3.63) is 40.6 Å². The van der Waals surface area contributed by atoms with Crippen LogP contribution in [0, 0.1) is 6.57 Å². The third-order valence-corrected chi connectivity index (χ3v) is 3.24. The second-order valence-electron chi connectivity index (χ2n) is 3.51. The lowest BCUT2D eigenvalue weighted by Gasteiger charge is -2.01. The van der Waals surface area contributed by atoms with Crippen LogP contribution in [0.3, 0.4) is 0 Å². The molecule has 0 unspecified atom stereocenters. The first-order chi connectivity index (χ1) is 9.13. The molecule has 0 saturated carbocycles. The van der Waals surface area contributed by atoms with E-state index in [0.717, 1.165) is 17.0 Å². The van der Waals surface area contributed by atoms with Crippen molar-refractivity contribution in [3.8, 4) is 0 Å². The summed E-state index contributed by atoms with van der Waals surface area (Å²) in [5.41, 5.74) is 6.95. The predicted octanol–water partition coefficient (Wildman–Crippen LogP) is 2.81. The molecule has 19 heavy (non-hydrogen) atoms. The summed E-state index contributed by atoms with van der Waals surface area (Å²) >= 11 is 1.11. The second kappa shape index (κ2) is 5.37. The number of thiazole rings is 1. The average molecular weight is 274 g/mol. The van der Waals surface area contributed by atoms with Gasteiger partial charge in [-0.3, -0.25) is 0 Å². The summed E-state index contributed by atoms with van der Waals surface area (Å²) in [6.45, 7) is 6.86. The minimum absolute atomic E-state index is 0.136. The third kappa shape index (κ3) is 2.81. The number of benzene rings is 1. The van der Waals surface area contributed by atoms with Crippen LogP contribution in [0.25, 0.3) is 4.85 Å². The van der Waals surface area contributed by atoms with Crippen molar-refractivity contribution in [3.63, 3.8) is 0 Å². The average Bonchev–Trinajstić information content (AvgIpc) is 2.79. The molecular formula is C12H10N4O2S. The van der Waals surface area contributed by atoms with E-state index < -0.39 is 5.97 Å². The van der Waals surface area contributed by atoms with Crippen molar-refractivity contribution < 1.29 is 9.53 Å². The highest BCUT2D eigenvalue weighted by atomic mass is 32.1. The number of hydrogen-bond acceptors (Lipinski definition) is 6. The number of nitrogens with two attached hydrogens (primary N) is 1. The number of methoxy groups -OCH3 is 1. The molecular weight excluding hydrogens is 264 g/mol. The molecule has 0 aliphatic rings. The lowest BCUT2D eigenvalue weighted by Crippen LogP contribution is -2.01. The lowest BCUT2D eigenvalue weighted by molar-refractivity contribution is 0.0607. The van der Waals surface area contributed by atoms with E-state index in [-0.39, 0.29) is 10.7 Å². The van der Waals surface area contributed by atoms with E-state index >= 15 is 0 Å². The molecule has 96 valence electrons. The summed E-state index contributed by atoms with van der Waals surface area (Å²) in [5, 5.41) is 3.51. The number of nitrogens with one attached hydrogen (secondary N) is 1. The van der Waals surface area contributed by atoms with E-state index in [1.807, 2.05) is 0 Å². The van der Waals surface area contributed by atoms with E-state index in [0.29, 0.717) is 10.8 Å². The quantitative estimate of drug-likeness (QED) is 0.664. The van der Waals surface area contributed by atoms with Gasteiger partial charge in [-0.2, -0.15) is 0 Å². The molecule has 1 heterocycles. The Morgan fingerprint density at radius 2 is 2.16 bits per heavy atom. The standard InChI is InChI=1S/C12H10N4O2S/c1-14-7-3-5-8(6-4-7)15-12-16-10(13)9(19-12)11(17)18-2/h3-6H,13H2,2H3,(H,15,16). The molecule has 0 radical (unpaired) electrons. The van der Waals surface area contributed by atoms with E-state index in [9.17, 15) is 4.79 Å². The zero-order valence-corrected chi connectivity index (χ0v) is 10.8. The van der Waals surface area contributed by atoms with Gasteiger partial charge in [-0.15, -0.1) is 0 Å². The molecule has 6 nitrogen and oxygen atoms in total. The minimum Gasteiger partial charge on any atom is -0.465 e. The summed E-state index contributed by atoms with van der Waals surface area (Å²) in [5.74, 6) is -0.372. The number of carbonyl (C=O) groups is 1. The van der Waals surface area contributed by atoms with Gasteiger partial charge in [0, 0.05) is 5.69 Å². The maximum absolute atomic E-state index is 11.4. The zero-order chi connectivity index (χ0) is 13.8. The Labute approximate surface area is 113 Å². The van der Waals surface area contributed by atoms with Gasteiger partial charge in [-0.1, -0.05) is 23.5 Å². The smallest absolute Gasteiger partial charge is 0.351 e. The largest absolute Gasteiger partial charge is 0.465 e. The van der Waals surface area contributed by atoms with Crippen molar-refractivity contribution in [2.75, 3.05) is 18.2 Å². The van der Waals surface area contributed by atoms with Gasteiger partial charge in [-0.25, -0.2) is 14.6 Å². The monoisotopic (exact) mass is 274 g/mol. The van der Waals surface area contributed by atoms with Crippen molar-refractivity contribution >= 4 is 39.6 Å². The van der Waals surface area contributed by atoms with Crippen LogP contribution in [0.4, 0.5) is 22.3 Å². The number of hydrogen-bond donors (Lipinski definition) is 2. The van der Waals surface area contributed by atoms with E-state index in [1.165, 1.54) is 7.11 Å². The number of carbonyl (C=O) groups excluding carboxylic acids is 1. The number of nitrogen functional groups attached to an aromatic ring is 1. The van der Waals surface area contributed by atoms with Crippen molar-refractivity contribution in [1.82, 2.24) is 4.98 Å². The number of anilines is 3. The Morgan fingerprint density at radius 3 is 2.74 bits per heavy atom. The van der Waals surface area contributed by atoms with Gasteiger partial charge < -0.3 is 15.8 Å². The van der Waals surface area contributed by atoms with Crippen LogP contribution in [0.5, 0.6) is 0 Å². The molecule has 0 atom stereocenters. The van der Waals surface area contributed by atoms with Gasteiger partial charge in [0.15, 0.2) is 21.5 Å². The fourth-order valence-electron chi connectivity index (χ4n) is 1.37. The second-order valence-corrected chi connectivity index (χ2v) is 4.51. The summed E-state index contributed by atoms with van der Waals surface area (Å²) in [7, 11) is 1.29. The summed E-state index contributed by atoms with van der Waals surface area (Å²) in [4.78, 5) is 19.0. The maximum Gasteiger partial charge on any atom is 0.351 e. The van der Waals surface area contributed by atoms with Crippen LogP contribution in [-0.4, -0.2) is 18.1 Å². The topological polar surface area (TPSA) is 81.6 Å². The summed E-state index contributed by atoms with van der Waals surface area (Å²) in [6, 6.07) is 6.88. The fraction of sp³-hybridized carbons (Fsp3) is 0.0833. The van der Waals surface area contributed by atoms with Gasteiger partial charge >= 0.3 is 5.97 Å². The molecule has 0 aliphatic carbocycles. The molecule has 2 aromatic rings. The van der Waals surface area contributed by atoms with E-state index in [4.69, 9.17) is 12.3 Å². The Kier molecular flexibility index (Phi) is 3.63. The number of esters is 1. The summed E-state index contributed by atoms with van der Waals surface area (Å²) in [6.07, 6.45) is 0. The molecule has 0 aliphatic heterocycles. The normalized spacial score (nSPS) is 9.68. The molecule has 0 bridgehead atoms. The number of aromatic nitrogens is 1. The van der Waals surface area contributed by atoms with Gasteiger partial charge in [0.05, 0.1) is 13.7 Å². The molecule has 0 amide bonds. The molecule has 0 saturated heterocycles. The zero-order valence-electron chi connectivity index (χ0n) is 10.0. The number of nitrogens with zero attached hydrogens (tertiary/aromatic N) is 2. The molecule has 0 fully saturated rings. The van der Waals surface area contributed by atoms with Crippen LogP contribution >= 0.6 is 11.3 Å². The number of ether oxygens (including phenoxy) is 1. The Bertz CT molecular complexity index is 643. The molecule has 7 heteroatoms. The molecule has 0 spiro atoms. The van der Waals surface area contributed by atoms with Crippen LogP contribution in [0.15, 0.2) is 24.3 Å². The first-order valence-corrected chi connectivity index (χ1v) is 6.05. The van der Waals surface area contributed by atoms with Crippen LogP contribution in [-0.2, 0) is 4.74 Å². The highest BCUT2D eigenvalue weighted by molar-refractivity contribution is 7.18. The lowest BCUT2D eigenvalue weighted by atomic mass is 10.3.